The molecule has 5 nitrogen and oxygen atoms in total. The van der Waals surface area contributed by atoms with E-state index in [1.54, 1.807) is 12.1 Å². The Labute approximate surface area is 135 Å². The molecule has 2 atom stereocenters. The number of benzene rings is 1. The van der Waals surface area contributed by atoms with Gasteiger partial charge >= 0.3 is 0 Å². The molecule has 2 saturated carbocycles. The minimum atomic E-state index is -0.964. The van der Waals surface area contributed by atoms with E-state index in [1.165, 1.54) is 0 Å². The van der Waals surface area contributed by atoms with E-state index in [1.807, 2.05) is 32.9 Å². The highest BCUT2D eigenvalue weighted by molar-refractivity contribution is 6.11. The van der Waals surface area contributed by atoms with Gasteiger partial charge in [0.15, 0.2) is 5.78 Å². The Bertz CT molecular complexity index is 678. The number of carbonyl (C=O) groups excluding carboxylic acids is 3. The molecule has 2 fully saturated rings. The van der Waals surface area contributed by atoms with Crippen LogP contribution in [-0.4, -0.2) is 17.6 Å². The fourth-order valence-corrected chi connectivity index (χ4v) is 3.99. The second-order valence-corrected chi connectivity index (χ2v) is 7.35. The number of hydrogen-bond acceptors (Lipinski definition) is 3. The van der Waals surface area contributed by atoms with Gasteiger partial charge in [-0.15, -0.1) is 0 Å². The molecule has 0 saturated heterocycles. The van der Waals surface area contributed by atoms with Crippen LogP contribution in [0.25, 0.3) is 0 Å². The summed E-state index contributed by atoms with van der Waals surface area (Å²) in [6.45, 7) is 5.77. The van der Waals surface area contributed by atoms with Gasteiger partial charge in [0.2, 0.25) is 0 Å². The van der Waals surface area contributed by atoms with Crippen molar-refractivity contribution in [1.29, 1.82) is 0 Å². The number of amides is 2. The summed E-state index contributed by atoms with van der Waals surface area (Å²) in [5.41, 5.74) is 5.01. The number of hydrogen-bond donors (Lipinski definition) is 2. The summed E-state index contributed by atoms with van der Waals surface area (Å²) in [5.74, 6) is -0.498. The van der Waals surface area contributed by atoms with Gasteiger partial charge in [0.1, 0.15) is 5.41 Å². The summed E-state index contributed by atoms with van der Waals surface area (Å²) < 4.78 is 0. The van der Waals surface area contributed by atoms with Gasteiger partial charge in [-0.2, -0.15) is 0 Å². The highest BCUT2D eigenvalue weighted by Crippen LogP contribution is 2.60. The van der Waals surface area contributed by atoms with E-state index in [9.17, 15) is 14.4 Å². The molecule has 2 amide bonds. The number of rotatable bonds is 2. The van der Waals surface area contributed by atoms with Crippen LogP contribution >= 0.6 is 0 Å². The highest BCUT2D eigenvalue weighted by atomic mass is 16.2. The molecule has 0 heterocycles. The number of fused-ring (bicyclic) bond motifs is 2. The first-order chi connectivity index (χ1) is 10.8. The van der Waals surface area contributed by atoms with Gasteiger partial charge in [0.05, 0.1) is 0 Å². The Morgan fingerprint density at radius 3 is 2.35 bits per heavy atom. The Kier molecular flexibility index (Phi) is 3.54. The summed E-state index contributed by atoms with van der Waals surface area (Å²) >= 11 is 0. The Morgan fingerprint density at radius 1 is 1.13 bits per heavy atom. The van der Waals surface area contributed by atoms with E-state index in [0.717, 1.165) is 12.0 Å². The molecule has 2 N–H and O–H groups in total. The van der Waals surface area contributed by atoms with E-state index in [0.29, 0.717) is 18.4 Å². The van der Waals surface area contributed by atoms with Crippen LogP contribution in [0.4, 0.5) is 0 Å². The third-order valence-corrected chi connectivity index (χ3v) is 5.59. The third kappa shape index (κ3) is 2.35. The summed E-state index contributed by atoms with van der Waals surface area (Å²) in [6.07, 6.45) is 2.05. The second-order valence-electron chi connectivity index (χ2n) is 7.35. The van der Waals surface area contributed by atoms with Crippen molar-refractivity contribution >= 4 is 17.6 Å². The Morgan fingerprint density at radius 2 is 1.78 bits per heavy atom. The molecule has 0 aliphatic heterocycles. The Hall–Kier alpha value is -2.17. The zero-order chi connectivity index (χ0) is 16.8. The molecule has 1 aromatic carbocycles. The predicted octanol–water partition coefficient (Wildman–Crippen LogP) is 2.15. The third-order valence-electron chi connectivity index (χ3n) is 5.59. The first-order valence-corrected chi connectivity index (χ1v) is 8.00. The van der Waals surface area contributed by atoms with Crippen LogP contribution in [0.5, 0.6) is 0 Å². The number of ketones is 1. The lowest BCUT2D eigenvalue weighted by Gasteiger charge is -2.32. The average Bonchev–Trinajstić information content (AvgIpc) is 3.05. The van der Waals surface area contributed by atoms with Gasteiger partial charge < -0.3 is 0 Å². The minimum absolute atomic E-state index is 0.00309. The van der Waals surface area contributed by atoms with E-state index in [2.05, 4.69) is 10.9 Å². The van der Waals surface area contributed by atoms with Gasteiger partial charge in [-0.3, -0.25) is 25.2 Å². The van der Waals surface area contributed by atoms with Crippen molar-refractivity contribution in [3.63, 3.8) is 0 Å². The number of carbonyl (C=O) groups is 3. The first kappa shape index (κ1) is 15.7. The van der Waals surface area contributed by atoms with E-state index in [4.69, 9.17) is 0 Å². The minimum Gasteiger partial charge on any atom is -0.298 e. The standard InChI is InChI=1S/C18H22N2O3/c1-11-4-6-12(7-5-11)14(21)19-20-16(23)18-9-8-13(10-18)17(2,3)15(18)22/h4-7,13H,8-10H2,1-3H3,(H,19,21)(H,20,23). The molecule has 23 heavy (non-hydrogen) atoms. The maximum Gasteiger partial charge on any atom is 0.269 e. The highest BCUT2D eigenvalue weighted by Gasteiger charge is 2.65. The number of hydrazine groups is 1. The molecule has 0 radical (unpaired) electrons. The van der Waals surface area contributed by atoms with Gasteiger partial charge in [0, 0.05) is 11.0 Å². The molecule has 5 heteroatoms. The van der Waals surface area contributed by atoms with E-state index < -0.39 is 10.8 Å². The molecule has 2 bridgehead atoms. The smallest absolute Gasteiger partial charge is 0.269 e. The predicted molar refractivity (Wildman–Crippen MR) is 85.3 cm³/mol. The molecule has 2 aliphatic carbocycles. The number of Topliss-reactive ketones (excluding diaryl/α,β-unsaturated/α-hetero) is 1. The topological polar surface area (TPSA) is 75.3 Å². The SMILES string of the molecule is Cc1ccc(C(=O)NNC(=O)C23CCC(C2)C(C)(C)C3=O)cc1. The molecule has 0 aromatic heterocycles. The molecule has 0 spiro atoms. The number of nitrogens with one attached hydrogen (secondary N) is 2. The van der Waals surface area contributed by atoms with Crippen LogP contribution in [0.1, 0.15) is 49.0 Å². The summed E-state index contributed by atoms with van der Waals surface area (Å²) in [4.78, 5) is 37.3. The quantitative estimate of drug-likeness (QED) is 0.649. The molecular weight excluding hydrogens is 292 g/mol. The van der Waals surface area contributed by atoms with Crippen LogP contribution in [-0.2, 0) is 9.59 Å². The monoisotopic (exact) mass is 314 g/mol. The fraction of sp³-hybridized carbons (Fsp3) is 0.500. The summed E-state index contributed by atoms with van der Waals surface area (Å²) in [5, 5.41) is 0. The zero-order valence-electron chi connectivity index (χ0n) is 13.7. The molecule has 122 valence electrons. The maximum absolute atomic E-state index is 12.6. The van der Waals surface area contributed by atoms with Crippen molar-refractivity contribution in [2.24, 2.45) is 16.7 Å². The van der Waals surface area contributed by atoms with Crippen LogP contribution in [0.15, 0.2) is 24.3 Å². The average molecular weight is 314 g/mol. The van der Waals surface area contributed by atoms with Crippen LogP contribution in [0.3, 0.4) is 0 Å². The lowest BCUT2D eigenvalue weighted by Crippen LogP contribution is -2.52. The molecule has 1 aromatic rings. The van der Waals surface area contributed by atoms with Crippen LogP contribution < -0.4 is 10.9 Å². The van der Waals surface area contributed by atoms with E-state index in [-0.39, 0.29) is 23.5 Å². The van der Waals surface area contributed by atoms with Crippen molar-refractivity contribution < 1.29 is 14.4 Å². The van der Waals surface area contributed by atoms with Gasteiger partial charge in [-0.1, -0.05) is 31.5 Å². The van der Waals surface area contributed by atoms with Gasteiger partial charge in [-0.05, 0) is 44.2 Å². The molecule has 2 aliphatic rings. The maximum atomic E-state index is 12.6. The molecular formula is C18H22N2O3. The van der Waals surface area contributed by atoms with E-state index >= 15 is 0 Å². The second kappa shape index (κ2) is 5.18. The van der Waals surface area contributed by atoms with Crippen LogP contribution in [0.2, 0.25) is 0 Å². The van der Waals surface area contributed by atoms with Crippen molar-refractivity contribution in [2.45, 2.75) is 40.0 Å². The lowest BCUT2D eigenvalue weighted by molar-refractivity contribution is -0.145. The van der Waals surface area contributed by atoms with Gasteiger partial charge in [-0.25, -0.2) is 0 Å². The molecule has 2 unspecified atom stereocenters. The van der Waals surface area contributed by atoms with Crippen molar-refractivity contribution in [2.75, 3.05) is 0 Å². The normalized spacial score (nSPS) is 27.8. The fourth-order valence-electron chi connectivity index (χ4n) is 3.99. The van der Waals surface area contributed by atoms with Gasteiger partial charge in [0.25, 0.3) is 11.8 Å². The largest absolute Gasteiger partial charge is 0.298 e. The first-order valence-electron chi connectivity index (χ1n) is 8.00. The molecule has 3 rings (SSSR count). The number of aryl methyl sites for hydroxylation is 1. The van der Waals surface area contributed by atoms with Crippen molar-refractivity contribution in [3.05, 3.63) is 35.4 Å². The van der Waals surface area contributed by atoms with Crippen molar-refractivity contribution in [1.82, 2.24) is 10.9 Å². The van der Waals surface area contributed by atoms with Crippen molar-refractivity contribution in [3.8, 4) is 0 Å². The Balaban J connectivity index is 1.67. The lowest BCUT2D eigenvalue weighted by atomic mass is 9.70. The van der Waals surface area contributed by atoms with Crippen LogP contribution in [0, 0.1) is 23.7 Å². The summed E-state index contributed by atoms with van der Waals surface area (Å²) in [7, 11) is 0. The summed E-state index contributed by atoms with van der Waals surface area (Å²) in [6, 6.07) is 7.06. The zero-order valence-corrected chi connectivity index (χ0v) is 13.7.